The van der Waals surface area contributed by atoms with Gasteiger partial charge in [0.05, 0.1) is 12.7 Å². The van der Waals surface area contributed by atoms with E-state index in [9.17, 15) is 8.78 Å². The fraction of sp³-hybridized carbons (Fsp3) is 0.429. The van der Waals surface area contributed by atoms with E-state index in [0.29, 0.717) is 17.1 Å². The van der Waals surface area contributed by atoms with Crippen molar-refractivity contribution < 1.29 is 18.3 Å². The van der Waals surface area contributed by atoms with Crippen LogP contribution in [0.4, 0.5) is 8.78 Å². The molecule has 3 heterocycles. The van der Waals surface area contributed by atoms with E-state index in [4.69, 9.17) is 9.47 Å². The lowest BCUT2D eigenvalue weighted by atomic mass is 9.86. The number of pyridine rings is 1. The molecule has 3 aromatic rings. The van der Waals surface area contributed by atoms with Crippen LogP contribution in [0.25, 0.3) is 5.65 Å². The number of hydrogen-bond donors (Lipinski definition) is 0. The number of rotatable bonds is 5. The first-order valence-electron chi connectivity index (χ1n) is 9.43. The lowest BCUT2D eigenvalue weighted by Crippen LogP contribution is -2.29. The number of aromatic nitrogens is 3. The predicted octanol–water partition coefficient (Wildman–Crippen LogP) is 4.98. The highest BCUT2D eigenvalue weighted by Crippen LogP contribution is 2.35. The topological polar surface area (TPSA) is 48.7 Å². The summed E-state index contributed by atoms with van der Waals surface area (Å²) in [5.74, 6) is -0.953. The molecule has 1 aromatic carbocycles. The van der Waals surface area contributed by atoms with Gasteiger partial charge < -0.3 is 9.47 Å². The third-order valence-electron chi connectivity index (χ3n) is 4.91. The second-order valence-electron chi connectivity index (χ2n) is 8.33. The number of fused-ring (bicyclic) bond motifs is 1. The van der Waals surface area contributed by atoms with Gasteiger partial charge in [-0.15, -0.1) is 10.2 Å². The molecule has 1 fully saturated rings. The monoisotopic (exact) mass is 419 g/mol. The molecule has 1 unspecified atom stereocenters. The summed E-state index contributed by atoms with van der Waals surface area (Å²) in [6.07, 6.45) is 2.58. The summed E-state index contributed by atoms with van der Waals surface area (Å²) in [4.78, 5) is 1.17. The van der Waals surface area contributed by atoms with Gasteiger partial charge in [-0.1, -0.05) is 25.6 Å². The number of nitrogens with zero attached hydrogens (tertiary/aromatic N) is 3. The SMILES string of the molecule is CC1(C)OCC(CC(C)(C)c2nnc3ccc(Sc4ccc(F)cc4F)cn23)O1. The second kappa shape index (κ2) is 7.34. The van der Waals surface area contributed by atoms with Gasteiger partial charge in [-0.25, -0.2) is 8.78 Å². The first-order chi connectivity index (χ1) is 13.6. The molecule has 1 saturated heterocycles. The summed E-state index contributed by atoms with van der Waals surface area (Å²) in [6, 6.07) is 7.27. The van der Waals surface area contributed by atoms with Gasteiger partial charge in [0, 0.05) is 27.5 Å². The molecule has 0 bridgehead atoms. The quantitative estimate of drug-likeness (QED) is 0.584. The largest absolute Gasteiger partial charge is 0.348 e. The zero-order valence-corrected chi connectivity index (χ0v) is 17.6. The Bertz CT molecular complexity index is 1050. The van der Waals surface area contributed by atoms with Gasteiger partial charge in [0.2, 0.25) is 0 Å². The van der Waals surface area contributed by atoms with Crippen LogP contribution in [0.15, 0.2) is 46.3 Å². The first kappa shape index (κ1) is 20.3. The van der Waals surface area contributed by atoms with Gasteiger partial charge in [-0.3, -0.25) is 4.40 Å². The van der Waals surface area contributed by atoms with Gasteiger partial charge in [0.1, 0.15) is 17.5 Å². The van der Waals surface area contributed by atoms with Crippen molar-refractivity contribution in [1.29, 1.82) is 0 Å². The van der Waals surface area contributed by atoms with Crippen LogP contribution in [0.2, 0.25) is 0 Å². The maximum atomic E-state index is 14.0. The summed E-state index contributed by atoms with van der Waals surface area (Å²) in [5.41, 5.74) is 0.388. The van der Waals surface area contributed by atoms with Crippen molar-refractivity contribution in [3.8, 4) is 0 Å². The molecule has 2 aromatic heterocycles. The van der Waals surface area contributed by atoms with Crippen molar-refractivity contribution in [2.24, 2.45) is 0 Å². The minimum Gasteiger partial charge on any atom is -0.348 e. The van der Waals surface area contributed by atoms with E-state index < -0.39 is 17.4 Å². The maximum Gasteiger partial charge on any atom is 0.163 e. The Morgan fingerprint density at radius 1 is 1.21 bits per heavy atom. The number of ether oxygens (including phenoxy) is 2. The van der Waals surface area contributed by atoms with Crippen molar-refractivity contribution in [2.75, 3.05) is 6.61 Å². The Morgan fingerprint density at radius 2 is 2.00 bits per heavy atom. The molecule has 1 atom stereocenters. The van der Waals surface area contributed by atoms with Gasteiger partial charge in [0.25, 0.3) is 0 Å². The smallest absolute Gasteiger partial charge is 0.163 e. The third-order valence-corrected chi connectivity index (χ3v) is 5.94. The minimum absolute atomic E-state index is 0.0294. The van der Waals surface area contributed by atoms with Gasteiger partial charge in [-0.2, -0.15) is 0 Å². The molecule has 29 heavy (non-hydrogen) atoms. The lowest BCUT2D eigenvalue weighted by Gasteiger charge is -2.26. The van der Waals surface area contributed by atoms with Crippen molar-refractivity contribution in [1.82, 2.24) is 14.6 Å². The van der Waals surface area contributed by atoms with Crippen molar-refractivity contribution in [2.45, 2.75) is 61.2 Å². The predicted molar refractivity (Wildman–Crippen MR) is 106 cm³/mol. The van der Waals surface area contributed by atoms with Crippen LogP contribution >= 0.6 is 11.8 Å². The molecule has 0 spiro atoms. The van der Waals surface area contributed by atoms with Crippen LogP contribution in [0.5, 0.6) is 0 Å². The molecule has 0 amide bonds. The second-order valence-corrected chi connectivity index (χ2v) is 9.45. The van der Waals surface area contributed by atoms with E-state index in [2.05, 4.69) is 24.0 Å². The fourth-order valence-corrected chi connectivity index (χ4v) is 4.44. The molecule has 0 N–H and O–H groups in total. The number of halogens is 2. The highest BCUT2D eigenvalue weighted by atomic mass is 32.2. The molecular formula is C21H23F2N3O2S. The summed E-state index contributed by atoms with van der Waals surface area (Å²) in [6.45, 7) is 8.54. The number of benzene rings is 1. The molecule has 8 heteroatoms. The van der Waals surface area contributed by atoms with E-state index in [1.807, 2.05) is 36.6 Å². The normalized spacial score (nSPS) is 19.2. The lowest BCUT2D eigenvalue weighted by molar-refractivity contribution is -0.140. The molecule has 0 radical (unpaired) electrons. The van der Waals surface area contributed by atoms with Crippen molar-refractivity contribution >= 4 is 17.4 Å². The molecule has 154 valence electrons. The summed E-state index contributed by atoms with van der Waals surface area (Å²) in [5, 5.41) is 8.68. The standard InChI is InChI=1S/C21H23F2N3O2S/c1-20(2,10-14-12-27-21(3,4)28-14)19-25-24-18-8-6-15(11-26(18)19)29-17-7-5-13(22)9-16(17)23/h5-9,11,14H,10,12H2,1-4H3. The summed E-state index contributed by atoms with van der Waals surface area (Å²) < 4.78 is 40.8. The Morgan fingerprint density at radius 3 is 2.69 bits per heavy atom. The van der Waals surface area contributed by atoms with Crippen molar-refractivity contribution in [3.05, 3.63) is 54.0 Å². The molecule has 1 aliphatic heterocycles. The van der Waals surface area contributed by atoms with E-state index in [0.717, 1.165) is 23.2 Å². The highest BCUT2D eigenvalue weighted by molar-refractivity contribution is 7.99. The Hall–Kier alpha value is -2.03. The Labute approximate surface area is 172 Å². The summed E-state index contributed by atoms with van der Waals surface area (Å²) in [7, 11) is 0. The van der Waals surface area contributed by atoms with E-state index in [-0.39, 0.29) is 11.5 Å². The molecule has 5 nitrogen and oxygen atoms in total. The minimum atomic E-state index is -0.591. The van der Waals surface area contributed by atoms with Crippen LogP contribution in [0.1, 0.15) is 39.9 Å². The van der Waals surface area contributed by atoms with Gasteiger partial charge >= 0.3 is 0 Å². The van der Waals surface area contributed by atoms with E-state index >= 15 is 0 Å². The molecule has 0 aliphatic carbocycles. The van der Waals surface area contributed by atoms with Crippen LogP contribution in [-0.2, 0) is 14.9 Å². The van der Waals surface area contributed by atoms with Crippen LogP contribution < -0.4 is 0 Å². The molecule has 1 aliphatic rings. The van der Waals surface area contributed by atoms with Crippen LogP contribution in [0.3, 0.4) is 0 Å². The summed E-state index contributed by atoms with van der Waals surface area (Å²) >= 11 is 1.23. The molecule has 0 saturated carbocycles. The van der Waals surface area contributed by atoms with E-state index in [1.165, 1.54) is 23.9 Å². The maximum absolute atomic E-state index is 14.0. The molecular weight excluding hydrogens is 396 g/mol. The Kier molecular flexibility index (Phi) is 5.13. The van der Waals surface area contributed by atoms with Gasteiger partial charge in [-0.05, 0) is 44.5 Å². The van der Waals surface area contributed by atoms with E-state index in [1.54, 1.807) is 0 Å². The zero-order valence-electron chi connectivity index (χ0n) is 16.8. The average Bonchev–Trinajstić information content (AvgIpc) is 3.20. The Balaban J connectivity index is 1.61. The van der Waals surface area contributed by atoms with Crippen molar-refractivity contribution in [3.63, 3.8) is 0 Å². The van der Waals surface area contributed by atoms with Crippen LogP contribution in [0, 0.1) is 11.6 Å². The first-order valence-corrected chi connectivity index (χ1v) is 10.2. The zero-order chi connectivity index (χ0) is 20.8. The third kappa shape index (κ3) is 4.29. The molecule has 4 rings (SSSR count). The fourth-order valence-electron chi connectivity index (χ4n) is 3.60. The average molecular weight is 419 g/mol. The van der Waals surface area contributed by atoms with Gasteiger partial charge in [0.15, 0.2) is 11.4 Å². The highest BCUT2D eigenvalue weighted by Gasteiger charge is 2.38. The number of hydrogen-bond acceptors (Lipinski definition) is 5. The van der Waals surface area contributed by atoms with Crippen LogP contribution in [-0.4, -0.2) is 33.1 Å².